The maximum absolute atomic E-state index is 12.8. The Labute approximate surface area is 137 Å². The summed E-state index contributed by atoms with van der Waals surface area (Å²) in [5, 5.41) is 9.19. The van der Waals surface area contributed by atoms with Crippen molar-refractivity contribution in [2.45, 2.75) is 70.2 Å². The number of carbonyl (C=O) groups excluding carboxylic acids is 2. The second-order valence-electron chi connectivity index (χ2n) is 7.10. The summed E-state index contributed by atoms with van der Waals surface area (Å²) in [6, 6.07) is 1.02. The second kappa shape index (κ2) is 6.61. The highest BCUT2D eigenvalue weighted by atomic mass is 16.6. The minimum absolute atomic E-state index is 0.149. The molecule has 2 heterocycles. The molecule has 2 rings (SSSR count). The quantitative estimate of drug-likeness (QED) is 0.733. The van der Waals surface area contributed by atoms with E-state index in [1.54, 1.807) is 31.7 Å². The van der Waals surface area contributed by atoms with Gasteiger partial charge in [0, 0.05) is 6.54 Å². The van der Waals surface area contributed by atoms with Gasteiger partial charge in [0.2, 0.25) is 5.91 Å². The van der Waals surface area contributed by atoms with Crippen LogP contribution in [0.5, 0.6) is 0 Å². The maximum Gasteiger partial charge on any atom is 0.411 e. The molecule has 2 aliphatic rings. The Balaban J connectivity index is 2.19. The molecule has 2 amide bonds. The second-order valence-corrected chi connectivity index (χ2v) is 7.10. The van der Waals surface area contributed by atoms with Gasteiger partial charge in [0.15, 0.2) is 0 Å². The minimum Gasteiger partial charge on any atom is -0.444 e. The molecule has 0 aromatic carbocycles. The maximum atomic E-state index is 12.8. The lowest BCUT2D eigenvalue weighted by Crippen LogP contribution is -2.52. The molecule has 0 radical (unpaired) electrons. The predicted octanol–water partition coefficient (Wildman–Crippen LogP) is 2.46. The van der Waals surface area contributed by atoms with Gasteiger partial charge in [-0.25, -0.2) is 4.79 Å². The predicted molar refractivity (Wildman–Crippen MR) is 85.4 cm³/mol. The number of carbonyl (C=O) groups is 2. The number of hydrogen-bond acceptors (Lipinski definition) is 4. The van der Waals surface area contributed by atoms with Gasteiger partial charge in [-0.05, 0) is 46.5 Å². The summed E-state index contributed by atoms with van der Waals surface area (Å²) in [5.74, 6) is -0.149. The van der Waals surface area contributed by atoms with E-state index in [2.05, 4.69) is 12.6 Å². The van der Waals surface area contributed by atoms with Crippen LogP contribution >= 0.6 is 0 Å². The third-order valence-electron chi connectivity index (χ3n) is 4.28. The molecular weight excluding hydrogens is 294 g/mol. The molecule has 0 N–H and O–H groups in total. The van der Waals surface area contributed by atoms with E-state index in [0.717, 1.165) is 6.42 Å². The Bertz CT molecular complexity index is 532. The van der Waals surface area contributed by atoms with Crippen LogP contribution in [0, 0.1) is 11.3 Å². The van der Waals surface area contributed by atoms with Crippen LogP contribution < -0.4 is 0 Å². The van der Waals surface area contributed by atoms with E-state index >= 15 is 0 Å². The molecule has 3 atom stereocenters. The van der Waals surface area contributed by atoms with Gasteiger partial charge < -0.3 is 9.64 Å². The molecule has 6 heteroatoms. The Morgan fingerprint density at radius 3 is 2.57 bits per heavy atom. The van der Waals surface area contributed by atoms with E-state index in [1.807, 2.05) is 0 Å². The van der Waals surface area contributed by atoms with E-state index in [0.29, 0.717) is 25.8 Å². The number of hydrogen-bond donors (Lipinski definition) is 0. The largest absolute Gasteiger partial charge is 0.444 e. The molecule has 0 unspecified atom stereocenters. The lowest BCUT2D eigenvalue weighted by Gasteiger charge is -2.33. The number of ether oxygens (including phenoxy) is 1. The highest BCUT2D eigenvalue weighted by Gasteiger charge is 2.45. The van der Waals surface area contributed by atoms with Crippen LogP contribution in [0.25, 0.3) is 0 Å². The lowest BCUT2D eigenvalue weighted by molar-refractivity contribution is -0.136. The van der Waals surface area contributed by atoms with E-state index in [1.165, 1.54) is 4.90 Å². The van der Waals surface area contributed by atoms with Crippen LogP contribution in [0.4, 0.5) is 4.79 Å². The zero-order chi connectivity index (χ0) is 17.2. The van der Waals surface area contributed by atoms with Gasteiger partial charge in [0.05, 0.1) is 12.1 Å². The summed E-state index contributed by atoms with van der Waals surface area (Å²) < 4.78 is 5.45. The normalized spacial score (nSPS) is 27.7. The molecule has 0 spiro atoms. The Kier molecular flexibility index (Phi) is 4.98. The van der Waals surface area contributed by atoms with Gasteiger partial charge in [0.25, 0.3) is 0 Å². The van der Waals surface area contributed by atoms with Crippen molar-refractivity contribution in [2.24, 2.45) is 0 Å². The van der Waals surface area contributed by atoms with Crippen molar-refractivity contribution in [3.63, 3.8) is 0 Å². The summed E-state index contributed by atoms with van der Waals surface area (Å²) in [5.41, 5.74) is -0.623. The smallest absolute Gasteiger partial charge is 0.411 e. The van der Waals surface area contributed by atoms with Crippen LogP contribution in [-0.4, -0.2) is 52.1 Å². The van der Waals surface area contributed by atoms with Crippen molar-refractivity contribution < 1.29 is 14.3 Å². The zero-order valence-electron chi connectivity index (χ0n) is 14.1. The first-order valence-corrected chi connectivity index (χ1v) is 8.12. The lowest BCUT2D eigenvalue weighted by atomic mass is 10.1. The molecule has 0 aliphatic carbocycles. The van der Waals surface area contributed by atoms with Gasteiger partial charge in [-0.1, -0.05) is 6.08 Å². The number of likely N-dealkylation sites (tertiary alicyclic amines) is 2. The summed E-state index contributed by atoms with van der Waals surface area (Å²) in [7, 11) is 0. The number of nitrogens with zero attached hydrogens (tertiary/aromatic N) is 3. The molecule has 0 bridgehead atoms. The fourth-order valence-corrected chi connectivity index (χ4v) is 3.25. The molecule has 23 heavy (non-hydrogen) atoms. The third-order valence-corrected chi connectivity index (χ3v) is 4.28. The molecule has 0 aromatic heterocycles. The van der Waals surface area contributed by atoms with Crippen molar-refractivity contribution in [3.8, 4) is 6.07 Å². The van der Waals surface area contributed by atoms with Crippen LogP contribution in [0.3, 0.4) is 0 Å². The molecule has 0 saturated carbocycles. The SMILES string of the molecule is C=C[C@H]1CC[C@@H](C(=O)N2CCC[C@H]2C#N)N1C(=O)OC(C)(C)C. The van der Waals surface area contributed by atoms with E-state index < -0.39 is 17.7 Å². The average molecular weight is 319 g/mol. The van der Waals surface area contributed by atoms with Gasteiger partial charge in [-0.2, -0.15) is 5.26 Å². The van der Waals surface area contributed by atoms with Gasteiger partial charge >= 0.3 is 6.09 Å². The van der Waals surface area contributed by atoms with Crippen molar-refractivity contribution in [1.82, 2.24) is 9.80 Å². The van der Waals surface area contributed by atoms with Crippen molar-refractivity contribution in [2.75, 3.05) is 6.54 Å². The highest BCUT2D eigenvalue weighted by Crippen LogP contribution is 2.30. The van der Waals surface area contributed by atoms with Crippen LogP contribution in [0.2, 0.25) is 0 Å². The number of nitriles is 1. The van der Waals surface area contributed by atoms with Gasteiger partial charge in [-0.3, -0.25) is 9.69 Å². The Morgan fingerprint density at radius 1 is 1.30 bits per heavy atom. The first-order valence-electron chi connectivity index (χ1n) is 8.12. The molecule has 2 saturated heterocycles. The topological polar surface area (TPSA) is 73.6 Å². The first kappa shape index (κ1) is 17.3. The fourth-order valence-electron chi connectivity index (χ4n) is 3.25. The summed E-state index contributed by atoms with van der Waals surface area (Å²) in [4.78, 5) is 28.5. The van der Waals surface area contributed by atoms with E-state index in [9.17, 15) is 14.9 Å². The zero-order valence-corrected chi connectivity index (χ0v) is 14.1. The molecule has 0 aromatic rings. The van der Waals surface area contributed by atoms with Gasteiger partial charge in [0.1, 0.15) is 17.7 Å². The van der Waals surface area contributed by atoms with Crippen molar-refractivity contribution in [3.05, 3.63) is 12.7 Å². The Morgan fingerprint density at radius 2 is 2.00 bits per heavy atom. The third kappa shape index (κ3) is 3.66. The fraction of sp³-hybridized carbons (Fsp3) is 0.706. The number of rotatable bonds is 2. The molecule has 2 fully saturated rings. The summed E-state index contributed by atoms with van der Waals surface area (Å²) in [6.07, 6.45) is 3.97. The van der Waals surface area contributed by atoms with E-state index in [-0.39, 0.29) is 18.0 Å². The standard InChI is InChI=1S/C17H25N3O3/c1-5-12-8-9-14(20(12)16(22)23-17(2,3)4)15(21)19-10-6-7-13(19)11-18/h5,12-14H,1,6-10H2,2-4H3/t12-,13-,14-/m0/s1. The first-order chi connectivity index (χ1) is 10.8. The molecule has 126 valence electrons. The molecule has 2 aliphatic heterocycles. The molecule has 6 nitrogen and oxygen atoms in total. The summed E-state index contributed by atoms with van der Waals surface area (Å²) >= 11 is 0. The Hall–Kier alpha value is -2.03. The number of amides is 2. The van der Waals surface area contributed by atoms with Crippen LogP contribution in [0.15, 0.2) is 12.7 Å². The molecular formula is C17H25N3O3. The van der Waals surface area contributed by atoms with Gasteiger partial charge in [-0.15, -0.1) is 6.58 Å². The van der Waals surface area contributed by atoms with E-state index in [4.69, 9.17) is 4.74 Å². The monoisotopic (exact) mass is 319 g/mol. The van der Waals surface area contributed by atoms with Crippen molar-refractivity contribution >= 4 is 12.0 Å². The van der Waals surface area contributed by atoms with Crippen LogP contribution in [0.1, 0.15) is 46.5 Å². The average Bonchev–Trinajstić information content (AvgIpc) is 3.10. The minimum atomic E-state index is -0.623. The van der Waals surface area contributed by atoms with Crippen molar-refractivity contribution in [1.29, 1.82) is 5.26 Å². The highest BCUT2D eigenvalue weighted by molar-refractivity contribution is 5.87. The summed E-state index contributed by atoms with van der Waals surface area (Å²) in [6.45, 7) is 9.74. The van der Waals surface area contributed by atoms with Crippen LogP contribution in [-0.2, 0) is 9.53 Å².